The number of guanidine groups is 1. The van der Waals surface area contributed by atoms with Crippen LogP contribution in [0.2, 0.25) is 0 Å². The average molecular weight is 503 g/mol. The van der Waals surface area contributed by atoms with Gasteiger partial charge in [0.1, 0.15) is 5.76 Å². The van der Waals surface area contributed by atoms with Crippen LogP contribution in [0.15, 0.2) is 20.1 Å². The summed E-state index contributed by atoms with van der Waals surface area (Å²) in [6.07, 6.45) is 0. The number of hydrogen-bond acceptors (Lipinski definition) is 7. The SMILES string of the molecule is CN=C(NCc1noc(C(C)(C)C)n1)N1CCN(Cc2cc(C)on2)CC1.I. The molecule has 3 rings (SSSR count). The second-order valence-corrected chi connectivity index (χ2v) is 7.86. The van der Waals surface area contributed by atoms with Crippen molar-refractivity contribution in [1.82, 2.24) is 30.4 Å². The van der Waals surface area contributed by atoms with Gasteiger partial charge >= 0.3 is 0 Å². The van der Waals surface area contributed by atoms with Crippen LogP contribution in [0, 0.1) is 6.92 Å². The molecule has 28 heavy (non-hydrogen) atoms. The third-order valence-corrected chi connectivity index (χ3v) is 4.46. The second-order valence-electron chi connectivity index (χ2n) is 7.86. The van der Waals surface area contributed by atoms with Crippen molar-refractivity contribution < 1.29 is 9.05 Å². The molecule has 2 aromatic rings. The minimum atomic E-state index is -0.147. The maximum absolute atomic E-state index is 5.34. The number of rotatable bonds is 4. The van der Waals surface area contributed by atoms with Crippen LogP contribution in [0.5, 0.6) is 0 Å². The van der Waals surface area contributed by atoms with E-state index in [1.807, 2.05) is 13.0 Å². The Morgan fingerprint density at radius 1 is 1.18 bits per heavy atom. The average Bonchev–Trinajstić information content (AvgIpc) is 3.26. The molecule has 0 spiro atoms. The van der Waals surface area contributed by atoms with E-state index in [-0.39, 0.29) is 29.4 Å². The molecular formula is C18H30IN7O2. The van der Waals surface area contributed by atoms with E-state index in [1.54, 1.807) is 7.05 Å². The molecule has 156 valence electrons. The van der Waals surface area contributed by atoms with Crippen molar-refractivity contribution in [2.45, 2.75) is 46.2 Å². The molecular weight excluding hydrogens is 473 g/mol. The first-order valence-electron chi connectivity index (χ1n) is 9.28. The van der Waals surface area contributed by atoms with Gasteiger partial charge in [0.15, 0.2) is 11.8 Å². The van der Waals surface area contributed by atoms with Gasteiger partial charge in [-0.15, -0.1) is 24.0 Å². The maximum atomic E-state index is 5.34. The summed E-state index contributed by atoms with van der Waals surface area (Å²) in [5, 5.41) is 11.5. The minimum Gasteiger partial charge on any atom is -0.361 e. The number of aliphatic imine (C=N–C) groups is 1. The number of aryl methyl sites for hydroxylation is 1. The molecule has 0 atom stereocenters. The lowest BCUT2D eigenvalue weighted by atomic mass is 9.97. The first-order valence-corrected chi connectivity index (χ1v) is 9.28. The van der Waals surface area contributed by atoms with Gasteiger partial charge in [0.2, 0.25) is 5.89 Å². The first kappa shape index (κ1) is 22.6. The summed E-state index contributed by atoms with van der Waals surface area (Å²) in [5.74, 6) is 2.99. The van der Waals surface area contributed by atoms with Crippen molar-refractivity contribution in [2.24, 2.45) is 4.99 Å². The van der Waals surface area contributed by atoms with Crippen LogP contribution in [0.25, 0.3) is 0 Å². The Labute approximate surface area is 182 Å². The largest absolute Gasteiger partial charge is 0.361 e. The van der Waals surface area contributed by atoms with E-state index in [0.29, 0.717) is 18.3 Å². The Morgan fingerprint density at radius 2 is 1.89 bits per heavy atom. The standard InChI is InChI=1S/C18H29N7O2.HI/c1-13-10-14(22-26-13)12-24-6-8-25(9-7-24)17(19-5)20-11-15-21-16(27-23-15)18(2,3)4;/h10H,6-9,11-12H2,1-5H3,(H,19,20);1H. The zero-order valence-electron chi connectivity index (χ0n) is 17.2. The summed E-state index contributed by atoms with van der Waals surface area (Å²) in [7, 11) is 1.80. The Balaban J connectivity index is 0.00000280. The van der Waals surface area contributed by atoms with Gasteiger partial charge in [0, 0.05) is 51.3 Å². The Morgan fingerprint density at radius 3 is 2.43 bits per heavy atom. The van der Waals surface area contributed by atoms with Gasteiger partial charge in [-0.2, -0.15) is 4.98 Å². The molecule has 0 saturated carbocycles. The lowest BCUT2D eigenvalue weighted by molar-refractivity contribution is 0.169. The molecule has 0 amide bonds. The summed E-state index contributed by atoms with van der Waals surface area (Å²) in [6, 6.07) is 1.99. The highest BCUT2D eigenvalue weighted by molar-refractivity contribution is 14.0. The van der Waals surface area contributed by atoms with Crippen molar-refractivity contribution in [3.63, 3.8) is 0 Å². The maximum Gasteiger partial charge on any atom is 0.232 e. The number of hydrogen-bond donors (Lipinski definition) is 1. The van der Waals surface area contributed by atoms with Crippen LogP contribution in [0.3, 0.4) is 0 Å². The van der Waals surface area contributed by atoms with Crippen molar-refractivity contribution in [3.05, 3.63) is 29.2 Å². The Kier molecular flexibility index (Phi) is 7.81. The van der Waals surface area contributed by atoms with Crippen LogP contribution in [-0.4, -0.2) is 64.3 Å². The van der Waals surface area contributed by atoms with Gasteiger partial charge in [-0.3, -0.25) is 9.89 Å². The molecule has 1 aliphatic heterocycles. The molecule has 1 aliphatic rings. The summed E-state index contributed by atoms with van der Waals surface area (Å²) in [5.41, 5.74) is 0.834. The van der Waals surface area contributed by atoms with Crippen molar-refractivity contribution >= 4 is 29.9 Å². The topological polar surface area (TPSA) is 95.8 Å². The van der Waals surface area contributed by atoms with Crippen LogP contribution < -0.4 is 5.32 Å². The zero-order valence-corrected chi connectivity index (χ0v) is 19.6. The smallest absolute Gasteiger partial charge is 0.232 e. The molecule has 0 aliphatic carbocycles. The molecule has 1 saturated heterocycles. The van der Waals surface area contributed by atoms with Crippen LogP contribution in [0.4, 0.5) is 0 Å². The third kappa shape index (κ3) is 5.90. The normalized spacial score (nSPS) is 16.2. The number of aromatic nitrogens is 3. The molecule has 1 fully saturated rings. The predicted octanol–water partition coefficient (Wildman–Crippen LogP) is 2.17. The highest BCUT2D eigenvalue weighted by Crippen LogP contribution is 2.19. The van der Waals surface area contributed by atoms with E-state index in [0.717, 1.165) is 50.1 Å². The first-order chi connectivity index (χ1) is 12.8. The van der Waals surface area contributed by atoms with Gasteiger partial charge in [-0.25, -0.2) is 0 Å². The van der Waals surface area contributed by atoms with Gasteiger partial charge in [0.05, 0.1) is 12.2 Å². The van der Waals surface area contributed by atoms with Gasteiger partial charge < -0.3 is 19.3 Å². The summed E-state index contributed by atoms with van der Waals surface area (Å²) < 4.78 is 10.5. The van der Waals surface area contributed by atoms with Gasteiger partial charge in [-0.05, 0) is 6.92 Å². The quantitative estimate of drug-likeness (QED) is 0.386. The van der Waals surface area contributed by atoms with E-state index in [4.69, 9.17) is 9.05 Å². The fraction of sp³-hybridized carbons (Fsp3) is 0.667. The van der Waals surface area contributed by atoms with Gasteiger partial charge in [-0.1, -0.05) is 31.1 Å². The van der Waals surface area contributed by atoms with Crippen molar-refractivity contribution in [3.8, 4) is 0 Å². The van der Waals surface area contributed by atoms with E-state index in [9.17, 15) is 0 Å². The summed E-state index contributed by atoms with van der Waals surface area (Å²) >= 11 is 0. The van der Waals surface area contributed by atoms with E-state index < -0.39 is 0 Å². The van der Waals surface area contributed by atoms with E-state index in [2.05, 4.69) is 56.2 Å². The molecule has 0 radical (unpaired) electrons. The number of halogens is 1. The third-order valence-electron chi connectivity index (χ3n) is 4.46. The van der Waals surface area contributed by atoms with E-state index >= 15 is 0 Å². The Bertz CT molecular complexity index is 773. The molecule has 3 heterocycles. The highest BCUT2D eigenvalue weighted by atomic mass is 127. The lowest BCUT2D eigenvalue weighted by Gasteiger charge is -2.36. The number of piperazine rings is 1. The molecule has 0 bridgehead atoms. The second kappa shape index (κ2) is 9.68. The van der Waals surface area contributed by atoms with Crippen molar-refractivity contribution in [1.29, 1.82) is 0 Å². The fourth-order valence-corrected chi connectivity index (χ4v) is 2.96. The Hall–Kier alpha value is -1.69. The van der Waals surface area contributed by atoms with Crippen LogP contribution in [0.1, 0.15) is 43.9 Å². The van der Waals surface area contributed by atoms with Crippen molar-refractivity contribution in [2.75, 3.05) is 33.2 Å². The molecule has 0 aromatic carbocycles. The zero-order chi connectivity index (χ0) is 19.4. The fourth-order valence-electron chi connectivity index (χ4n) is 2.96. The number of nitrogens with one attached hydrogen (secondary N) is 1. The minimum absolute atomic E-state index is 0. The number of nitrogens with zero attached hydrogens (tertiary/aromatic N) is 6. The lowest BCUT2D eigenvalue weighted by Crippen LogP contribution is -2.52. The summed E-state index contributed by atoms with van der Waals surface area (Å²) in [4.78, 5) is 13.5. The molecule has 10 heteroatoms. The van der Waals surface area contributed by atoms with Crippen LogP contribution >= 0.6 is 24.0 Å². The van der Waals surface area contributed by atoms with Gasteiger partial charge in [0.25, 0.3) is 0 Å². The summed E-state index contributed by atoms with van der Waals surface area (Å²) in [6.45, 7) is 13.1. The monoisotopic (exact) mass is 503 g/mol. The van der Waals surface area contributed by atoms with E-state index in [1.165, 1.54) is 0 Å². The molecule has 1 N–H and O–H groups in total. The molecule has 2 aromatic heterocycles. The highest BCUT2D eigenvalue weighted by Gasteiger charge is 2.23. The van der Waals surface area contributed by atoms with Crippen LogP contribution in [-0.2, 0) is 18.5 Å². The molecule has 0 unspecified atom stereocenters. The predicted molar refractivity (Wildman–Crippen MR) is 117 cm³/mol. The molecule has 9 nitrogen and oxygen atoms in total.